The lowest BCUT2D eigenvalue weighted by Crippen LogP contribution is -2.38. The molecule has 1 fully saturated rings. The van der Waals surface area contributed by atoms with E-state index in [9.17, 15) is 5.11 Å². The van der Waals surface area contributed by atoms with Crippen LogP contribution in [0.15, 0.2) is 67.0 Å². The second-order valence-corrected chi connectivity index (χ2v) is 10.2. The Kier molecular flexibility index (Phi) is 6.71. The highest BCUT2D eigenvalue weighted by atomic mass is 16.5. The fourth-order valence-corrected chi connectivity index (χ4v) is 5.71. The third-order valence-electron chi connectivity index (χ3n) is 7.64. The van der Waals surface area contributed by atoms with E-state index in [1.54, 1.807) is 0 Å². The minimum absolute atomic E-state index is 0.256. The zero-order valence-electron chi connectivity index (χ0n) is 20.7. The number of aliphatic hydroxyl groups excluding tert-OH is 1. The van der Waals surface area contributed by atoms with Gasteiger partial charge >= 0.3 is 0 Å². The molecule has 1 N–H and O–H groups in total. The van der Waals surface area contributed by atoms with Crippen molar-refractivity contribution >= 4 is 11.0 Å². The van der Waals surface area contributed by atoms with E-state index < -0.39 is 6.10 Å². The number of nitrogens with zero attached hydrogens (tertiary/aromatic N) is 4. The Balaban J connectivity index is 1.11. The summed E-state index contributed by atoms with van der Waals surface area (Å²) in [5, 5.41) is 11.7. The summed E-state index contributed by atoms with van der Waals surface area (Å²) in [6, 6.07) is 19.1. The van der Waals surface area contributed by atoms with E-state index in [1.807, 2.05) is 30.5 Å². The zero-order chi connectivity index (χ0) is 24.3. The maximum absolute atomic E-state index is 10.7. The molecular weight excluding hydrogens is 448 g/mol. The van der Waals surface area contributed by atoms with Crippen LogP contribution in [0.3, 0.4) is 0 Å². The van der Waals surface area contributed by atoms with Gasteiger partial charge in [-0.3, -0.25) is 4.90 Å². The van der Waals surface area contributed by atoms with Crippen molar-refractivity contribution in [2.75, 3.05) is 19.7 Å². The largest absolute Gasteiger partial charge is 0.491 e. The molecule has 1 atom stereocenters. The monoisotopic (exact) mass is 482 g/mol. The minimum atomic E-state index is -0.551. The highest BCUT2D eigenvalue weighted by Gasteiger charge is 2.20. The Morgan fingerprint density at radius 2 is 1.86 bits per heavy atom. The molecule has 0 bridgehead atoms. The number of ether oxygens (including phenoxy) is 1. The van der Waals surface area contributed by atoms with Gasteiger partial charge in [-0.1, -0.05) is 55.7 Å². The van der Waals surface area contributed by atoms with E-state index in [0.29, 0.717) is 18.4 Å². The quantitative estimate of drug-likeness (QED) is 0.382. The Bertz CT molecular complexity index is 1330. The van der Waals surface area contributed by atoms with Crippen molar-refractivity contribution in [1.29, 1.82) is 0 Å². The van der Waals surface area contributed by atoms with Gasteiger partial charge in [-0.15, -0.1) is 0 Å². The van der Waals surface area contributed by atoms with E-state index in [-0.39, 0.29) is 6.61 Å². The predicted molar refractivity (Wildman–Crippen MR) is 142 cm³/mol. The molecule has 0 radical (unpaired) electrons. The molecule has 1 aliphatic heterocycles. The lowest BCUT2D eigenvalue weighted by molar-refractivity contribution is 0.0638. The number of rotatable bonds is 7. The molecule has 6 rings (SSSR count). The molecule has 0 spiro atoms. The number of aromatic nitrogens is 3. The molecule has 1 saturated carbocycles. The highest BCUT2D eigenvalue weighted by Crippen LogP contribution is 2.32. The van der Waals surface area contributed by atoms with Crippen molar-refractivity contribution in [2.45, 2.75) is 57.2 Å². The summed E-state index contributed by atoms with van der Waals surface area (Å²) in [4.78, 5) is 11.9. The molecule has 0 saturated heterocycles. The smallest absolute Gasteiger partial charge is 0.161 e. The first-order chi connectivity index (χ1) is 17.7. The van der Waals surface area contributed by atoms with Crippen LogP contribution in [0.1, 0.15) is 49.3 Å². The second kappa shape index (κ2) is 10.4. The molecule has 2 aromatic carbocycles. The normalized spacial score (nSPS) is 17.7. The minimum Gasteiger partial charge on any atom is -0.491 e. The highest BCUT2D eigenvalue weighted by molar-refractivity contribution is 5.77. The van der Waals surface area contributed by atoms with Crippen LogP contribution in [-0.4, -0.2) is 50.3 Å². The van der Waals surface area contributed by atoms with Gasteiger partial charge in [0.05, 0.1) is 0 Å². The van der Waals surface area contributed by atoms with Crippen LogP contribution >= 0.6 is 0 Å². The van der Waals surface area contributed by atoms with Crippen molar-refractivity contribution in [3.63, 3.8) is 0 Å². The summed E-state index contributed by atoms with van der Waals surface area (Å²) < 4.78 is 8.34. The maximum Gasteiger partial charge on any atom is 0.161 e. The fraction of sp³-hybridized carbons (Fsp3) is 0.400. The van der Waals surface area contributed by atoms with E-state index in [0.717, 1.165) is 41.9 Å². The Labute approximate surface area is 212 Å². The third-order valence-corrected chi connectivity index (χ3v) is 7.64. The Morgan fingerprint density at radius 1 is 1.00 bits per heavy atom. The number of benzene rings is 2. The summed E-state index contributed by atoms with van der Waals surface area (Å²) >= 11 is 0. The molecule has 2 aliphatic rings. The molecular formula is C30H34N4O2. The number of hydrogen-bond acceptors (Lipinski definition) is 5. The summed E-state index contributed by atoms with van der Waals surface area (Å²) in [6.07, 6.45) is 10.9. The van der Waals surface area contributed by atoms with Gasteiger partial charge in [-0.2, -0.15) is 0 Å². The van der Waals surface area contributed by atoms with Crippen molar-refractivity contribution in [1.82, 2.24) is 19.4 Å². The van der Waals surface area contributed by atoms with Gasteiger partial charge in [0.2, 0.25) is 0 Å². The lowest BCUT2D eigenvalue weighted by Gasteiger charge is -2.30. The summed E-state index contributed by atoms with van der Waals surface area (Å²) in [6.45, 7) is 2.70. The summed E-state index contributed by atoms with van der Waals surface area (Å²) in [5.74, 6) is 1.43. The van der Waals surface area contributed by atoms with Crippen molar-refractivity contribution < 1.29 is 9.84 Å². The standard InChI is InChI=1S/C30H34N4O2/c35-27(20-33-15-13-22-7-4-5-8-25(22)19-33)21-36-28-12-6-9-23(17-28)29-31-18-24-14-16-34(30(24)32-29)26-10-2-1-3-11-26/h4-9,12,14,16-18,26-27,35H,1-3,10-11,13,15,19-21H2. The van der Waals surface area contributed by atoms with Crippen molar-refractivity contribution in [3.05, 3.63) is 78.1 Å². The van der Waals surface area contributed by atoms with Crippen LogP contribution < -0.4 is 4.74 Å². The fourth-order valence-electron chi connectivity index (χ4n) is 5.71. The predicted octanol–water partition coefficient (Wildman–Crippen LogP) is 5.40. The van der Waals surface area contributed by atoms with Gasteiger partial charge in [0.15, 0.2) is 5.82 Å². The molecule has 1 unspecified atom stereocenters. The van der Waals surface area contributed by atoms with E-state index in [1.165, 1.54) is 43.2 Å². The average Bonchev–Trinajstić information content (AvgIpc) is 3.36. The third kappa shape index (κ3) is 5.01. The Hall–Kier alpha value is -3.22. The Morgan fingerprint density at radius 3 is 2.75 bits per heavy atom. The average molecular weight is 483 g/mol. The molecule has 2 aromatic heterocycles. The van der Waals surface area contributed by atoms with Gasteiger partial charge in [-0.25, -0.2) is 9.97 Å². The molecule has 1 aliphatic carbocycles. The first-order valence-corrected chi connectivity index (χ1v) is 13.3. The summed E-state index contributed by atoms with van der Waals surface area (Å²) in [5.41, 5.74) is 4.71. The number of hydrogen-bond donors (Lipinski definition) is 1. The van der Waals surface area contributed by atoms with Crippen LogP contribution in [0.4, 0.5) is 0 Å². The van der Waals surface area contributed by atoms with Gasteiger partial charge in [0.25, 0.3) is 0 Å². The summed E-state index contributed by atoms with van der Waals surface area (Å²) in [7, 11) is 0. The van der Waals surface area contributed by atoms with Gasteiger partial charge in [0.1, 0.15) is 24.1 Å². The van der Waals surface area contributed by atoms with E-state index in [2.05, 4.69) is 51.0 Å². The first kappa shape index (κ1) is 23.2. The first-order valence-electron chi connectivity index (χ1n) is 13.3. The van der Waals surface area contributed by atoms with Crippen LogP contribution in [-0.2, 0) is 13.0 Å². The number of β-amino-alcohol motifs (C(OH)–C–C–N with tert-alkyl or cyclic N) is 1. The topological polar surface area (TPSA) is 63.4 Å². The number of fused-ring (bicyclic) bond motifs is 2. The molecule has 6 nitrogen and oxygen atoms in total. The molecule has 3 heterocycles. The maximum atomic E-state index is 10.7. The molecule has 0 amide bonds. The van der Waals surface area contributed by atoms with E-state index in [4.69, 9.17) is 9.72 Å². The molecule has 4 aromatic rings. The van der Waals surface area contributed by atoms with Crippen molar-refractivity contribution in [3.8, 4) is 17.1 Å². The zero-order valence-corrected chi connectivity index (χ0v) is 20.7. The van der Waals surface area contributed by atoms with Crippen LogP contribution in [0.2, 0.25) is 0 Å². The van der Waals surface area contributed by atoms with E-state index >= 15 is 0 Å². The number of aliphatic hydroxyl groups is 1. The van der Waals surface area contributed by atoms with Crippen LogP contribution in [0.5, 0.6) is 5.75 Å². The lowest BCUT2D eigenvalue weighted by atomic mass is 9.95. The van der Waals surface area contributed by atoms with Crippen LogP contribution in [0, 0.1) is 0 Å². The van der Waals surface area contributed by atoms with Gasteiger partial charge < -0.3 is 14.4 Å². The molecule has 36 heavy (non-hydrogen) atoms. The van der Waals surface area contributed by atoms with Gasteiger partial charge in [0, 0.05) is 49.0 Å². The second-order valence-electron chi connectivity index (χ2n) is 10.2. The SMILES string of the molecule is OC(COc1cccc(-c2ncc3ccn(C4CCCCC4)c3n2)c1)CN1CCc2ccccc2C1. The van der Waals surface area contributed by atoms with Gasteiger partial charge in [-0.05, 0) is 48.6 Å². The van der Waals surface area contributed by atoms with Crippen LogP contribution in [0.25, 0.3) is 22.4 Å². The molecule has 6 heteroatoms. The molecule has 186 valence electrons. The van der Waals surface area contributed by atoms with Crippen molar-refractivity contribution in [2.24, 2.45) is 0 Å².